The Bertz CT molecular complexity index is 1570. The Hall–Kier alpha value is -3.98. The summed E-state index contributed by atoms with van der Waals surface area (Å²) in [4.78, 5) is 29.9. The third-order valence-electron chi connectivity index (χ3n) is 7.77. The van der Waals surface area contributed by atoms with Gasteiger partial charge in [0, 0.05) is 38.7 Å². The largest absolute Gasteiger partial charge is 0.487 e. The van der Waals surface area contributed by atoms with Crippen molar-refractivity contribution in [3.05, 3.63) is 86.3 Å². The molecule has 2 aromatic carbocycles. The summed E-state index contributed by atoms with van der Waals surface area (Å²) in [7, 11) is 3.30. The molecule has 4 aromatic rings. The second kappa shape index (κ2) is 11.0. The predicted octanol–water partition coefficient (Wildman–Crippen LogP) is 4.14. The number of nitrogens with zero attached hydrogens (tertiary/aromatic N) is 4. The lowest BCUT2D eigenvalue weighted by molar-refractivity contribution is -0.140. The van der Waals surface area contributed by atoms with Crippen LogP contribution >= 0.6 is 0 Å². The normalized spacial score (nSPS) is 16.4. The van der Waals surface area contributed by atoms with Crippen LogP contribution in [0.3, 0.4) is 0 Å². The van der Waals surface area contributed by atoms with Gasteiger partial charge < -0.3 is 14.5 Å². The SMILES string of the molecule is CC[C@H]1CN(Cc2cc([C@H](CC(=O)OC)c3ccc4c(nnn4C)c3C)ccc2C)Cc2[nH]c(=O)ccc2O1. The van der Waals surface area contributed by atoms with E-state index in [2.05, 4.69) is 58.3 Å². The smallest absolute Gasteiger partial charge is 0.306 e. The number of hydrogen-bond acceptors (Lipinski definition) is 7. The summed E-state index contributed by atoms with van der Waals surface area (Å²) in [6, 6.07) is 13.8. The summed E-state index contributed by atoms with van der Waals surface area (Å²) in [5.74, 6) is 0.273. The van der Waals surface area contributed by atoms with Crippen molar-refractivity contribution < 1.29 is 14.3 Å². The highest BCUT2D eigenvalue weighted by atomic mass is 16.5. The molecule has 9 heteroatoms. The van der Waals surface area contributed by atoms with E-state index >= 15 is 0 Å². The molecule has 1 N–H and O–H groups in total. The molecule has 204 valence electrons. The first-order valence-corrected chi connectivity index (χ1v) is 13.3. The number of fused-ring (bicyclic) bond motifs is 2. The van der Waals surface area contributed by atoms with Crippen LogP contribution in [0.2, 0.25) is 0 Å². The molecule has 0 aliphatic carbocycles. The highest BCUT2D eigenvalue weighted by Gasteiger charge is 2.26. The number of ether oxygens (including phenoxy) is 2. The minimum atomic E-state index is -0.267. The standard InChI is InChI=1S/C30H35N5O4/c1-6-22-16-35(17-25-27(39-22)11-12-28(36)31-25)15-21-13-20(8-7-18(21)2)24(14-29(37)38-5)23-9-10-26-30(19(23)3)32-33-34(26)4/h7-13,22,24H,6,14-17H2,1-5H3,(H,31,36)/t22-,24-/m0/s1. The van der Waals surface area contributed by atoms with E-state index in [1.165, 1.54) is 13.2 Å². The van der Waals surface area contributed by atoms with E-state index in [-0.39, 0.29) is 30.0 Å². The first-order valence-electron chi connectivity index (χ1n) is 13.3. The number of carbonyl (C=O) groups is 1. The number of H-pyrrole nitrogens is 1. The molecule has 1 aliphatic heterocycles. The first kappa shape index (κ1) is 26.6. The van der Waals surface area contributed by atoms with Gasteiger partial charge in [-0.1, -0.05) is 36.4 Å². The monoisotopic (exact) mass is 529 g/mol. The van der Waals surface area contributed by atoms with Crippen molar-refractivity contribution in [2.24, 2.45) is 7.05 Å². The maximum absolute atomic E-state index is 12.6. The van der Waals surface area contributed by atoms with Gasteiger partial charge in [-0.2, -0.15) is 0 Å². The zero-order valence-corrected chi connectivity index (χ0v) is 23.2. The van der Waals surface area contributed by atoms with Crippen molar-refractivity contribution >= 4 is 17.0 Å². The van der Waals surface area contributed by atoms with Crippen molar-refractivity contribution in [1.29, 1.82) is 0 Å². The lowest BCUT2D eigenvalue weighted by atomic mass is 9.84. The van der Waals surface area contributed by atoms with Crippen LogP contribution in [0.25, 0.3) is 11.0 Å². The number of pyridine rings is 1. The van der Waals surface area contributed by atoms with Crippen LogP contribution in [0.4, 0.5) is 0 Å². The number of nitrogens with one attached hydrogen (secondary N) is 1. The van der Waals surface area contributed by atoms with E-state index in [0.29, 0.717) is 13.1 Å². The molecular formula is C30H35N5O4. The van der Waals surface area contributed by atoms with Gasteiger partial charge >= 0.3 is 5.97 Å². The number of aromatic nitrogens is 4. The van der Waals surface area contributed by atoms with Crippen LogP contribution in [-0.2, 0) is 29.7 Å². The van der Waals surface area contributed by atoms with Crippen LogP contribution in [0.15, 0.2) is 47.3 Å². The number of aromatic amines is 1. The number of esters is 1. The van der Waals surface area contributed by atoms with Gasteiger partial charge in [0.25, 0.3) is 0 Å². The second-order valence-corrected chi connectivity index (χ2v) is 10.4. The highest BCUT2D eigenvalue weighted by molar-refractivity contribution is 5.80. The number of benzene rings is 2. The molecule has 9 nitrogen and oxygen atoms in total. The molecule has 0 unspecified atom stereocenters. The fraction of sp³-hybridized carbons (Fsp3) is 0.400. The van der Waals surface area contributed by atoms with E-state index in [4.69, 9.17) is 9.47 Å². The molecule has 0 saturated carbocycles. The van der Waals surface area contributed by atoms with Gasteiger partial charge in [0.2, 0.25) is 5.56 Å². The maximum Gasteiger partial charge on any atom is 0.306 e. The quantitative estimate of drug-likeness (QED) is 0.359. The van der Waals surface area contributed by atoms with Crippen LogP contribution in [0.5, 0.6) is 5.75 Å². The van der Waals surface area contributed by atoms with Crippen LogP contribution in [0.1, 0.15) is 59.2 Å². The Balaban J connectivity index is 1.51. The van der Waals surface area contributed by atoms with Gasteiger partial charge in [0.05, 0.1) is 24.7 Å². The third-order valence-corrected chi connectivity index (χ3v) is 7.77. The summed E-state index contributed by atoms with van der Waals surface area (Å²) < 4.78 is 13.1. The zero-order chi connectivity index (χ0) is 27.7. The lowest BCUT2D eigenvalue weighted by Crippen LogP contribution is -2.32. The van der Waals surface area contributed by atoms with Crippen molar-refractivity contribution in [2.75, 3.05) is 13.7 Å². The minimum Gasteiger partial charge on any atom is -0.487 e. The van der Waals surface area contributed by atoms with Crippen molar-refractivity contribution in [3.8, 4) is 5.75 Å². The molecule has 39 heavy (non-hydrogen) atoms. The molecule has 5 rings (SSSR count). The van der Waals surface area contributed by atoms with Crippen molar-refractivity contribution in [1.82, 2.24) is 24.9 Å². The molecule has 0 saturated heterocycles. The van der Waals surface area contributed by atoms with Crippen molar-refractivity contribution in [2.45, 2.75) is 58.7 Å². The molecule has 2 atom stereocenters. The number of hydrogen-bond donors (Lipinski definition) is 1. The summed E-state index contributed by atoms with van der Waals surface area (Å²) in [6.07, 6.45) is 1.10. The summed E-state index contributed by atoms with van der Waals surface area (Å²) in [6.45, 7) is 8.26. The number of rotatable bonds is 7. The summed E-state index contributed by atoms with van der Waals surface area (Å²) in [5.41, 5.74) is 7.85. The zero-order valence-electron chi connectivity index (χ0n) is 23.2. The van der Waals surface area contributed by atoms with E-state index < -0.39 is 0 Å². The topological polar surface area (TPSA) is 102 Å². The van der Waals surface area contributed by atoms with Crippen molar-refractivity contribution in [3.63, 3.8) is 0 Å². The van der Waals surface area contributed by atoms with E-state index in [1.807, 2.05) is 20.0 Å². The van der Waals surface area contributed by atoms with Crippen LogP contribution < -0.4 is 10.3 Å². The molecule has 2 aromatic heterocycles. The van der Waals surface area contributed by atoms with Crippen LogP contribution in [-0.4, -0.2) is 50.6 Å². The molecule has 0 fully saturated rings. The van der Waals surface area contributed by atoms with Gasteiger partial charge in [-0.3, -0.25) is 14.5 Å². The van der Waals surface area contributed by atoms with E-state index in [9.17, 15) is 9.59 Å². The average Bonchev–Trinajstić information content (AvgIpc) is 3.21. The molecule has 1 aliphatic rings. The number of carbonyl (C=O) groups excluding carboxylic acids is 1. The summed E-state index contributed by atoms with van der Waals surface area (Å²) in [5, 5.41) is 8.54. The van der Waals surface area contributed by atoms with Gasteiger partial charge in [0.1, 0.15) is 17.4 Å². The van der Waals surface area contributed by atoms with Gasteiger partial charge in [0.15, 0.2) is 0 Å². The Kier molecular flexibility index (Phi) is 7.52. The number of methoxy groups -OCH3 is 1. The molecule has 0 radical (unpaired) electrons. The van der Waals surface area contributed by atoms with Crippen LogP contribution in [0, 0.1) is 13.8 Å². The minimum absolute atomic E-state index is 0.0223. The predicted molar refractivity (Wildman–Crippen MR) is 149 cm³/mol. The fourth-order valence-electron chi connectivity index (χ4n) is 5.46. The lowest BCUT2D eigenvalue weighted by Gasteiger charge is -2.25. The molecule has 0 spiro atoms. The third kappa shape index (κ3) is 5.45. The Morgan fingerprint density at radius 2 is 2.03 bits per heavy atom. The van der Waals surface area contributed by atoms with E-state index in [0.717, 1.165) is 63.3 Å². The Labute approximate surface area is 227 Å². The molecule has 0 amide bonds. The number of aryl methyl sites for hydroxylation is 3. The molecule has 3 heterocycles. The van der Waals surface area contributed by atoms with Gasteiger partial charge in [-0.25, -0.2) is 4.68 Å². The highest BCUT2D eigenvalue weighted by Crippen LogP contribution is 2.35. The Morgan fingerprint density at radius 3 is 2.79 bits per heavy atom. The fourth-order valence-corrected chi connectivity index (χ4v) is 5.46. The first-order chi connectivity index (χ1) is 18.8. The molecule has 0 bridgehead atoms. The van der Waals surface area contributed by atoms with Gasteiger partial charge in [-0.05, 0) is 60.2 Å². The average molecular weight is 530 g/mol. The second-order valence-electron chi connectivity index (χ2n) is 10.4. The maximum atomic E-state index is 12.6. The molecular weight excluding hydrogens is 494 g/mol. The van der Waals surface area contributed by atoms with E-state index in [1.54, 1.807) is 10.7 Å². The van der Waals surface area contributed by atoms with Gasteiger partial charge in [-0.15, -0.1) is 5.10 Å². The Morgan fingerprint density at radius 1 is 1.21 bits per heavy atom. The summed E-state index contributed by atoms with van der Waals surface area (Å²) >= 11 is 0.